The zero-order valence-corrected chi connectivity index (χ0v) is 15.3. The number of amides is 1. The third-order valence-corrected chi connectivity index (χ3v) is 4.81. The van der Waals surface area contributed by atoms with Gasteiger partial charge in [0, 0.05) is 6.08 Å². The van der Waals surface area contributed by atoms with Crippen molar-refractivity contribution in [3.05, 3.63) is 77.4 Å². The van der Waals surface area contributed by atoms with Gasteiger partial charge in [0.25, 0.3) is 0 Å². The van der Waals surface area contributed by atoms with Crippen LogP contribution in [-0.4, -0.2) is 38.8 Å². The maximum atomic E-state index is 12.5. The number of hydrogen-bond donors (Lipinski definition) is 2. The third kappa shape index (κ3) is 5.28. The molecule has 1 fully saturated rings. The monoisotopic (exact) mass is 351 g/mol. The number of carbonyl (C=O) groups excluding carboxylic acids is 1. The van der Waals surface area contributed by atoms with Crippen LogP contribution < -0.4 is 10.2 Å². The summed E-state index contributed by atoms with van der Waals surface area (Å²) in [6, 6.07) is 18.3. The second-order valence-corrected chi connectivity index (χ2v) is 6.73. The van der Waals surface area contributed by atoms with E-state index in [1.165, 1.54) is 4.90 Å². The number of rotatable bonds is 6. The molecule has 2 N–H and O–H groups in total. The summed E-state index contributed by atoms with van der Waals surface area (Å²) in [5.41, 5.74) is 3.37. The summed E-state index contributed by atoms with van der Waals surface area (Å²) in [5.74, 6) is -0.0604. The van der Waals surface area contributed by atoms with Gasteiger partial charge in [0.05, 0.1) is 13.2 Å². The van der Waals surface area contributed by atoms with E-state index < -0.39 is 0 Å². The molecule has 1 aliphatic heterocycles. The molecule has 26 heavy (non-hydrogen) atoms. The fourth-order valence-corrected chi connectivity index (χ4v) is 3.25. The summed E-state index contributed by atoms with van der Waals surface area (Å²) in [4.78, 5) is 14.0. The number of benzene rings is 2. The quantitative estimate of drug-likeness (QED) is 0.779. The molecule has 0 bridgehead atoms. The molecule has 0 aromatic heterocycles. The van der Waals surface area contributed by atoms with Gasteiger partial charge in [0.1, 0.15) is 25.7 Å². The van der Waals surface area contributed by atoms with E-state index in [-0.39, 0.29) is 11.9 Å². The van der Waals surface area contributed by atoms with Gasteiger partial charge < -0.3 is 15.0 Å². The van der Waals surface area contributed by atoms with E-state index in [0.717, 1.165) is 49.5 Å². The fourth-order valence-electron chi connectivity index (χ4n) is 3.25. The van der Waals surface area contributed by atoms with Gasteiger partial charge in [-0.3, -0.25) is 4.79 Å². The highest BCUT2D eigenvalue weighted by atomic mass is 16.5. The van der Waals surface area contributed by atoms with E-state index in [1.54, 1.807) is 6.08 Å². The van der Waals surface area contributed by atoms with Gasteiger partial charge in [0.2, 0.25) is 5.91 Å². The molecular formula is C22H27N2O2+. The Morgan fingerprint density at radius 3 is 2.54 bits per heavy atom. The molecule has 2 aromatic carbocycles. The Morgan fingerprint density at radius 1 is 1.12 bits per heavy atom. The van der Waals surface area contributed by atoms with E-state index >= 15 is 0 Å². The lowest BCUT2D eigenvalue weighted by molar-refractivity contribution is -0.909. The van der Waals surface area contributed by atoms with Crippen molar-refractivity contribution in [2.45, 2.75) is 13.0 Å². The van der Waals surface area contributed by atoms with Crippen LogP contribution in [0.3, 0.4) is 0 Å². The Hall–Kier alpha value is -2.43. The number of nitrogens with one attached hydrogen (secondary N) is 2. The first-order chi connectivity index (χ1) is 12.7. The molecule has 4 heteroatoms. The lowest BCUT2D eigenvalue weighted by Gasteiger charge is -2.28. The van der Waals surface area contributed by atoms with Gasteiger partial charge in [-0.15, -0.1) is 0 Å². The lowest BCUT2D eigenvalue weighted by Crippen LogP contribution is -3.14. The number of morpholine rings is 1. The predicted molar refractivity (Wildman–Crippen MR) is 104 cm³/mol. The molecule has 4 nitrogen and oxygen atoms in total. The largest absolute Gasteiger partial charge is 0.370 e. The van der Waals surface area contributed by atoms with Crippen LogP contribution in [0, 0.1) is 6.92 Å². The summed E-state index contributed by atoms with van der Waals surface area (Å²) in [6.07, 6.45) is 3.52. The van der Waals surface area contributed by atoms with Gasteiger partial charge in [0.15, 0.2) is 0 Å². The second-order valence-electron chi connectivity index (χ2n) is 6.73. The molecule has 2 aromatic rings. The normalized spacial score (nSPS) is 16.5. The Balaban J connectivity index is 1.68. The maximum Gasteiger partial charge on any atom is 0.244 e. The van der Waals surface area contributed by atoms with Crippen LogP contribution >= 0.6 is 0 Å². The molecule has 0 aliphatic carbocycles. The topological polar surface area (TPSA) is 42.8 Å². The number of carbonyl (C=O) groups is 1. The Morgan fingerprint density at radius 2 is 1.81 bits per heavy atom. The van der Waals surface area contributed by atoms with Crippen molar-refractivity contribution in [3.63, 3.8) is 0 Å². The van der Waals surface area contributed by atoms with Crippen LogP contribution in [0.2, 0.25) is 0 Å². The summed E-state index contributed by atoms with van der Waals surface area (Å²) in [7, 11) is 0. The standard InChI is InChI=1S/C22H26N2O2/c1-18-7-5-6-8-19(18)11-12-22(25)23-21(20-9-3-2-4-10-20)17-24-13-15-26-16-14-24/h2-12,21H,13-17H2,1H3,(H,23,25)/p+1/b12-11+/t21-/m0/s1. The molecular weight excluding hydrogens is 324 g/mol. The summed E-state index contributed by atoms with van der Waals surface area (Å²) in [6.45, 7) is 6.47. The number of hydrogen-bond acceptors (Lipinski definition) is 2. The van der Waals surface area contributed by atoms with Gasteiger partial charge in [-0.1, -0.05) is 54.6 Å². The Kier molecular flexibility index (Phi) is 6.58. The van der Waals surface area contributed by atoms with Crippen molar-refractivity contribution in [1.82, 2.24) is 5.32 Å². The number of ether oxygens (including phenoxy) is 1. The van der Waals surface area contributed by atoms with Crippen LogP contribution in [0.15, 0.2) is 60.7 Å². The molecule has 1 amide bonds. The average molecular weight is 351 g/mol. The molecule has 136 valence electrons. The van der Waals surface area contributed by atoms with Gasteiger partial charge >= 0.3 is 0 Å². The van der Waals surface area contributed by atoms with Crippen molar-refractivity contribution in [1.29, 1.82) is 0 Å². The number of quaternary nitrogens is 1. The smallest absolute Gasteiger partial charge is 0.244 e. The van der Waals surface area contributed by atoms with Crippen LogP contribution in [0.5, 0.6) is 0 Å². The van der Waals surface area contributed by atoms with E-state index in [1.807, 2.05) is 55.5 Å². The first-order valence-electron chi connectivity index (χ1n) is 9.23. The summed E-state index contributed by atoms with van der Waals surface area (Å²) in [5, 5.41) is 3.18. The van der Waals surface area contributed by atoms with Crippen molar-refractivity contribution < 1.29 is 14.4 Å². The van der Waals surface area contributed by atoms with Crippen molar-refractivity contribution in [3.8, 4) is 0 Å². The highest BCUT2D eigenvalue weighted by Gasteiger charge is 2.22. The molecule has 0 saturated carbocycles. The Bertz CT molecular complexity index is 737. The molecule has 3 rings (SSSR count). The SMILES string of the molecule is Cc1ccccc1/C=C/C(=O)N[C@@H](C[NH+]1CCOCC1)c1ccccc1. The fraction of sp³-hybridized carbons (Fsp3) is 0.318. The molecule has 0 radical (unpaired) electrons. The Labute approximate surface area is 155 Å². The van der Waals surface area contributed by atoms with Gasteiger partial charge in [-0.25, -0.2) is 0 Å². The van der Waals surface area contributed by atoms with Crippen LogP contribution in [-0.2, 0) is 9.53 Å². The molecule has 1 heterocycles. The minimum atomic E-state index is -0.0604. The first-order valence-corrected chi connectivity index (χ1v) is 9.23. The highest BCUT2D eigenvalue weighted by molar-refractivity contribution is 5.92. The number of aryl methyl sites for hydroxylation is 1. The molecule has 1 saturated heterocycles. The second kappa shape index (κ2) is 9.32. The lowest BCUT2D eigenvalue weighted by atomic mass is 10.1. The zero-order chi connectivity index (χ0) is 18.2. The van der Waals surface area contributed by atoms with Gasteiger partial charge in [-0.2, -0.15) is 0 Å². The molecule has 0 unspecified atom stereocenters. The van der Waals surface area contributed by atoms with E-state index in [4.69, 9.17) is 4.74 Å². The predicted octanol–water partition coefficient (Wildman–Crippen LogP) is 1.78. The van der Waals surface area contributed by atoms with Crippen LogP contribution in [0.4, 0.5) is 0 Å². The minimum absolute atomic E-state index is 0.00156. The minimum Gasteiger partial charge on any atom is -0.370 e. The van der Waals surface area contributed by atoms with Gasteiger partial charge in [-0.05, 0) is 29.7 Å². The zero-order valence-electron chi connectivity index (χ0n) is 15.3. The molecule has 0 spiro atoms. The van der Waals surface area contributed by atoms with Crippen molar-refractivity contribution in [2.24, 2.45) is 0 Å². The van der Waals surface area contributed by atoms with Crippen molar-refractivity contribution in [2.75, 3.05) is 32.8 Å². The first kappa shape index (κ1) is 18.4. The van der Waals surface area contributed by atoms with Crippen LogP contribution in [0.25, 0.3) is 6.08 Å². The maximum absolute atomic E-state index is 12.5. The van der Waals surface area contributed by atoms with Crippen LogP contribution in [0.1, 0.15) is 22.7 Å². The van der Waals surface area contributed by atoms with Crippen molar-refractivity contribution >= 4 is 12.0 Å². The average Bonchev–Trinajstić information content (AvgIpc) is 2.68. The summed E-state index contributed by atoms with van der Waals surface area (Å²) < 4.78 is 5.45. The van der Waals surface area contributed by atoms with E-state index in [2.05, 4.69) is 17.4 Å². The van der Waals surface area contributed by atoms with E-state index in [9.17, 15) is 4.79 Å². The molecule has 1 aliphatic rings. The van der Waals surface area contributed by atoms with E-state index in [0.29, 0.717) is 0 Å². The summed E-state index contributed by atoms with van der Waals surface area (Å²) >= 11 is 0. The highest BCUT2D eigenvalue weighted by Crippen LogP contribution is 2.12. The molecule has 1 atom stereocenters. The third-order valence-electron chi connectivity index (χ3n) is 4.81.